The first kappa shape index (κ1) is 41.4. The zero-order chi connectivity index (χ0) is 45.6. The summed E-state index contributed by atoms with van der Waals surface area (Å²) in [5.74, 6) is -11.1. The number of rotatable bonds is 6. The summed E-state index contributed by atoms with van der Waals surface area (Å²) >= 11 is 0. The first-order valence-corrected chi connectivity index (χ1v) is 19.4. The molecule has 0 bridgehead atoms. The molecule has 0 radical (unpaired) electrons. The summed E-state index contributed by atoms with van der Waals surface area (Å²) < 4.78 is 18.9. The highest BCUT2D eigenvalue weighted by atomic mass is 16.5. The van der Waals surface area contributed by atoms with Crippen LogP contribution in [0.1, 0.15) is 74.7 Å². The number of ether oxygens (including phenoxy) is 3. The van der Waals surface area contributed by atoms with Crippen LogP contribution < -0.4 is 14.2 Å². The molecule has 0 spiro atoms. The molecule has 6 aromatic carbocycles. The normalized spacial score (nSPS) is 23.4. The Morgan fingerprint density at radius 2 is 0.906 bits per heavy atom. The second kappa shape index (κ2) is 15.1. The zero-order valence-electron chi connectivity index (χ0n) is 32.7. The third-order valence-corrected chi connectivity index (χ3v) is 11.9. The van der Waals surface area contributed by atoms with Gasteiger partial charge in [-0.25, -0.2) is 0 Å². The lowest BCUT2D eigenvalue weighted by atomic mass is 9.73. The molecule has 0 unspecified atom stereocenters. The van der Waals surface area contributed by atoms with E-state index in [2.05, 4.69) is 5.18 Å². The van der Waals surface area contributed by atoms with Crippen LogP contribution in [0, 0.1) is 4.91 Å². The number of aromatic hydroxyl groups is 11. The van der Waals surface area contributed by atoms with Gasteiger partial charge in [0.2, 0.25) is 0 Å². The van der Waals surface area contributed by atoms with Crippen molar-refractivity contribution in [3.05, 3.63) is 128 Å². The molecular formula is C45H37NO18. The van der Waals surface area contributed by atoms with E-state index >= 15 is 0 Å². The molecule has 6 aromatic rings. The number of phenols is 11. The summed E-state index contributed by atoms with van der Waals surface area (Å²) in [5.41, 5.74) is -1.84. The molecule has 0 aliphatic carbocycles. The van der Waals surface area contributed by atoms with Crippen molar-refractivity contribution in [3.8, 4) is 80.5 Å². The maximum atomic E-state index is 12.9. The molecule has 330 valence electrons. The SMILES string of the molecule is O=Nc1cc(O)c2c(c1[C@H]1c3c(O)cc(O)cc3O[C@H](c3ccc(O)c(O)c3)[C@@H]1O)O[C@H](c1ccc(O)c(O)c1)[C@H](O)[C@H]2c1c(O)cc(O)c2c1O[C@H](c1ccc(O)c(O)c1)[C@H](O)C2. The van der Waals surface area contributed by atoms with Crippen LogP contribution in [0.3, 0.4) is 0 Å². The number of aliphatic hydroxyl groups excluding tert-OH is 3. The van der Waals surface area contributed by atoms with Gasteiger partial charge in [-0.05, 0) is 58.3 Å². The number of phenolic OH excluding ortho intramolecular Hbond substituents is 11. The Balaban J connectivity index is 1.33. The molecule has 3 heterocycles. The fourth-order valence-electron chi connectivity index (χ4n) is 9.02. The predicted octanol–water partition coefficient (Wildman–Crippen LogP) is 5.14. The summed E-state index contributed by atoms with van der Waals surface area (Å²) in [5, 5.41) is 158. The molecule has 0 saturated carbocycles. The Morgan fingerprint density at radius 1 is 0.438 bits per heavy atom. The zero-order valence-corrected chi connectivity index (χ0v) is 32.7. The van der Waals surface area contributed by atoms with Gasteiger partial charge in [0, 0.05) is 58.5 Å². The second-order valence-electron chi connectivity index (χ2n) is 15.7. The van der Waals surface area contributed by atoms with Gasteiger partial charge in [-0.2, -0.15) is 0 Å². The fourth-order valence-corrected chi connectivity index (χ4v) is 9.02. The van der Waals surface area contributed by atoms with Gasteiger partial charge >= 0.3 is 0 Å². The molecule has 9 rings (SSSR count). The van der Waals surface area contributed by atoms with Crippen molar-refractivity contribution in [1.29, 1.82) is 0 Å². The Morgan fingerprint density at radius 3 is 1.45 bits per heavy atom. The Kier molecular flexibility index (Phi) is 9.77. The number of hydrogen-bond acceptors (Lipinski definition) is 19. The molecule has 0 aromatic heterocycles. The van der Waals surface area contributed by atoms with E-state index in [4.69, 9.17) is 14.2 Å². The van der Waals surface area contributed by atoms with Crippen LogP contribution >= 0.6 is 0 Å². The van der Waals surface area contributed by atoms with E-state index in [-0.39, 0.29) is 62.4 Å². The smallest absolute Gasteiger partial charge is 0.157 e. The number of nitroso groups, excluding NO2 is 1. The van der Waals surface area contributed by atoms with Crippen LogP contribution in [-0.2, 0) is 6.42 Å². The summed E-state index contributed by atoms with van der Waals surface area (Å²) in [6.07, 6.45) is -10.1. The van der Waals surface area contributed by atoms with Crippen LogP contribution in [0.25, 0.3) is 0 Å². The standard InChI is InChI=1S/C45H37NO18/c47-18-10-28(55)34-32(11-18)62-42(16-2-5-22(49)26(53)8-16)39(59)37(34)33-20(46-61)13-29(56)36-38(40(60)43(64-45(33)36)17-3-6-23(50)27(54)9-17)35-30(57)14-24(51)19-12-31(58)41(63-44(19)35)15-1-4-21(48)25(52)7-15/h1-11,13-14,31,37-43,47-60H,12H2/t31-,37+,38+,39-,40-,41-,42-,43-/m1/s1. The van der Waals surface area contributed by atoms with Gasteiger partial charge in [0.15, 0.2) is 46.7 Å². The van der Waals surface area contributed by atoms with Crippen LogP contribution in [0.5, 0.6) is 80.5 Å². The van der Waals surface area contributed by atoms with Crippen molar-refractivity contribution in [2.75, 3.05) is 0 Å². The second-order valence-corrected chi connectivity index (χ2v) is 15.7. The molecule has 14 N–H and O–H groups in total. The highest BCUT2D eigenvalue weighted by Gasteiger charge is 2.51. The van der Waals surface area contributed by atoms with Crippen molar-refractivity contribution in [1.82, 2.24) is 0 Å². The Bertz CT molecular complexity index is 2900. The summed E-state index contributed by atoms with van der Waals surface area (Å²) in [7, 11) is 0. The van der Waals surface area contributed by atoms with Crippen molar-refractivity contribution < 1.29 is 85.7 Å². The van der Waals surface area contributed by atoms with Gasteiger partial charge in [0.1, 0.15) is 70.0 Å². The monoisotopic (exact) mass is 879 g/mol. The van der Waals surface area contributed by atoms with Crippen molar-refractivity contribution in [2.45, 2.75) is 54.9 Å². The highest BCUT2D eigenvalue weighted by Crippen LogP contribution is 2.62. The Labute approximate surface area is 359 Å². The summed E-state index contributed by atoms with van der Waals surface area (Å²) in [6, 6.07) is 14.3. The average molecular weight is 880 g/mol. The molecule has 0 saturated heterocycles. The van der Waals surface area contributed by atoms with E-state index in [0.717, 1.165) is 60.7 Å². The molecule has 8 atom stereocenters. The summed E-state index contributed by atoms with van der Waals surface area (Å²) in [6.45, 7) is 0. The van der Waals surface area contributed by atoms with E-state index in [1.165, 1.54) is 18.2 Å². The molecule has 0 amide bonds. The maximum absolute atomic E-state index is 12.9. The topological polar surface area (TPSA) is 340 Å². The van der Waals surface area contributed by atoms with E-state index < -0.39 is 123 Å². The van der Waals surface area contributed by atoms with Gasteiger partial charge < -0.3 is 85.7 Å². The largest absolute Gasteiger partial charge is 0.508 e. The van der Waals surface area contributed by atoms with Crippen LogP contribution in [-0.4, -0.2) is 89.8 Å². The summed E-state index contributed by atoms with van der Waals surface area (Å²) in [4.78, 5) is 12.9. The quantitative estimate of drug-likeness (QED) is 0.0761. The fraction of sp³-hybridized carbons (Fsp3) is 0.200. The molecule has 64 heavy (non-hydrogen) atoms. The first-order chi connectivity index (χ1) is 30.5. The minimum Gasteiger partial charge on any atom is -0.508 e. The van der Waals surface area contributed by atoms with Crippen molar-refractivity contribution in [3.63, 3.8) is 0 Å². The third-order valence-electron chi connectivity index (χ3n) is 11.9. The van der Waals surface area contributed by atoms with Gasteiger partial charge in [-0.1, -0.05) is 18.2 Å². The van der Waals surface area contributed by atoms with Gasteiger partial charge in [0.25, 0.3) is 0 Å². The molecule has 19 nitrogen and oxygen atoms in total. The lowest BCUT2D eigenvalue weighted by Gasteiger charge is -2.43. The Hall–Kier alpha value is -8.00. The van der Waals surface area contributed by atoms with E-state index in [0.29, 0.717) is 0 Å². The molecule has 3 aliphatic rings. The van der Waals surface area contributed by atoms with E-state index in [9.17, 15) is 76.4 Å². The van der Waals surface area contributed by atoms with E-state index in [1.54, 1.807) is 0 Å². The number of nitrogens with zero attached hydrogens (tertiary/aromatic N) is 1. The average Bonchev–Trinajstić information content (AvgIpc) is 3.24. The lowest BCUT2D eigenvalue weighted by Crippen LogP contribution is -2.39. The highest BCUT2D eigenvalue weighted by molar-refractivity contribution is 5.73. The maximum Gasteiger partial charge on any atom is 0.157 e. The number of aliphatic hydroxyl groups is 3. The molecular weight excluding hydrogens is 842 g/mol. The van der Waals surface area contributed by atoms with Gasteiger partial charge in [0.05, 0.1) is 17.9 Å². The van der Waals surface area contributed by atoms with Crippen LogP contribution in [0.2, 0.25) is 0 Å². The predicted molar refractivity (Wildman–Crippen MR) is 218 cm³/mol. The first-order valence-electron chi connectivity index (χ1n) is 19.4. The van der Waals surface area contributed by atoms with Gasteiger partial charge in [-0.3, -0.25) is 0 Å². The number of fused-ring (bicyclic) bond motifs is 3. The van der Waals surface area contributed by atoms with Crippen molar-refractivity contribution >= 4 is 5.69 Å². The number of benzene rings is 6. The number of hydrogen-bond donors (Lipinski definition) is 14. The minimum absolute atomic E-state index is 0.0348. The van der Waals surface area contributed by atoms with Crippen LogP contribution in [0.4, 0.5) is 5.69 Å². The lowest BCUT2D eigenvalue weighted by molar-refractivity contribution is -0.00500. The van der Waals surface area contributed by atoms with E-state index in [1.807, 2.05) is 0 Å². The molecule has 3 aliphatic heterocycles. The van der Waals surface area contributed by atoms with Crippen LogP contribution in [0.15, 0.2) is 84.0 Å². The molecule has 0 fully saturated rings. The minimum atomic E-state index is -1.93. The van der Waals surface area contributed by atoms with Crippen molar-refractivity contribution in [2.24, 2.45) is 5.18 Å². The molecule has 19 heteroatoms. The third kappa shape index (κ3) is 6.48. The van der Waals surface area contributed by atoms with Gasteiger partial charge in [-0.15, -0.1) is 4.91 Å².